The minimum atomic E-state index is -0.109. The van der Waals surface area contributed by atoms with E-state index in [2.05, 4.69) is 30.4 Å². The lowest BCUT2D eigenvalue weighted by Gasteiger charge is -2.24. The number of aromatic nitrogens is 2. The Labute approximate surface area is 101 Å². The molecule has 0 aliphatic carbocycles. The molecule has 1 unspecified atom stereocenters. The van der Waals surface area contributed by atoms with Crippen molar-refractivity contribution in [1.29, 1.82) is 0 Å². The van der Waals surface area contributed by atoms with Gasteiger partial charge in [0.25, 0.3) is 0 Å². The highest BCUT2D eigenvalue weighted by molar-refractivity contribution is 7.05. The van der Waals surface area contributed by atoms with Crippen molar-refractivity contribution in [3.05, 3.63) is 10.6 Å². The van der Waals surface area contributed by atoms with Crippen molar-refractivity contribution in [2.75, 3.05) is 7.11 Å². The third kappa shape index (κ3) is 3.50. The minimum Gasteiger partial charge on any atom is -0.379 e. The van der Waals surface area contributed by atoms with Gasteiger partial charge in [-0.2, -0.15) is 0 Å². The molecule has 4 nitrogen and oxygen atoms in total. The molecule has 92 valence electrons. The topological polar surface area (TPSA) is 61.0 Å². The van der Waals surface area contributed by atoms with Gasteiger partial charge in [-0.1, -0.05) is 11.4 Å². The van der Waals surface area contributed by atoms with Gasteiger partial charge in [-0.3, -0.25) is 0 Å². The average molecular weight is 243 g/mol. The molecule has 0 radical (unpaired) electrons. The highest BCUT2D eigenvalue weighted by Gasteiger charge is 2.20. The Balaban J connectivity index is 2.56. The number of methoxy groups -OCH3 is 1. The highest BCUT2D eigenvalue weighted by Crippen LogP contribution is 2.26. The van der Waals surface area contributed by atoms with E-state index in [1.54, 1.807) is 7.11 Å². The third-order valence-electron chi connectivity index (χ3n) is 2.87. The van der Waals surface area contributed by atoms with Crippen LogP contribution < -0.4 is 5.73 Å². The van der Waals surface area contributed by atoms with Crippen LogP contribution in [0.3, 0.4) is 0 Å². The van der Waals surface area contributed by atoms with E-state index in [9.17, 15) is 0 Å². The fraction of sp³-hybridized carbons (Fsp3) is 0.818. The second-order valence-corrected chi connectivity index (χ2v) is 5.33. The van der Waals surface area contributed by atoms with E-state index in [1.165, 1.54) is 11.5 Å². The van der Waals surface area contributed by atoms with Gasteiger partial charge in [0.15, 0.2) is 0 Å². The van der Waals surface area contributed by atoms with Gasteiger partial charge < -0.3 is 10.5 Å². The molecule has 0 spiro atoms. The lowest BCUT2D eigenvalue weighted by atomic mass is 9.98. The van der Waals surface area contributed by atoms with Crippen LogP contribution in [0.2, 0.25) is 0 Å². The number of hydrogen-bond acceptors (Lipinski definition) is 5. The Morgan fingerprint density at radius 1 is 1.50 bits per heavy atom. The summed E-state index contributed by atoms with van der Waals surface area (Å²) in [6, 6.07) is 0.0318. The van der Waals surface area contributed by atoms with Crippen LogP contribution in [0.1, 0.15) is 50.2 Å². The smallest absolute Gasteiger partial charge is 0.0800 e. The quantitative estimate of drug-likeness (QED) is 0.833. The predicted octanol–water partition coefficient (Wildman–Crippen LogP) is 2.31. The first kappa shape index (κ1) is 13.5. The molecule has 0 saturated heterocycles. The van der Waals surface area contributed by atoms with E-state index in [1.807, 2.05) is 0 Å². The summed E-state index contributed by atoms with van der Waals surface area (Å²) in [6.45, 7) is 6.22. The van der Waals surface area contributed by atoms with Crippen LogP contribution in [0, 0.1) is 0 Å². The average Bonchev–Trinajstić information content (AvgIpc) is 2.74. The van der Waals surface area contributed by atoms with Crippen molar-refractivity contribution in [3.63, 3.8) is 0 Å². The first-order valence-corrected chi connectivity index (χ1v) is 6.39. The lowest BCUT2D eigenvalue weighted by molar-refractivity contribution is 0.0125. The molecule has 0 fully saturated rings. The van der Waals surface area contributed by atoms with Gasteiger partial charge in [0, 0.05) is 13.2 Å². The number of nitrogens with zero attached hydrogens (tertiary/aromatic N) is 2. The molecule has 1 aromatic heterocycles. The van der Waals surface area contributed by atoms with Gasteiger partial charge in [0.05, 0.1) is 16.2 Å². The van der Waals surface area contributed by atoms with E-state index in [4.69, 9.17) is 10.5 Å². The van der Waals surface area contributed by atoms with Crippen molar-refractivity contribution in [2.24, 2.45) is 5.73 Å². The van der Waals surface area contributed by atoms with Crippen LogP contribution in [0.4, 0.5) is 0 Å². The van der Waals surface area contributed by atoms with Crippen LogP contribution in [0.25, 0.3) is 0 Å². The Morgan fingerprint density at radius 3 is 2.75 bits per heavy atom. The Kier molecular flexibility index (Phi) is 4.83. The van der Waals surface area contributed by atoms with Gasteiger partial charge in [0.1, 0.15) is 0 Å². The molecule has 0 bridgehead atoms. The van der Waals surface area contributed by atoms with E-state index >= 15 is 0 Å². The first-order valence-electron chi connectivity index (χ1n) is 5.62. The lowest BCUT2D eigenvalue weighted by Crippen LogP contribution is -2.24. The van der Waals surface area contributed by atoms with Crippen LogP contribution >= 0.6 is 11.5 Å². The largest absolute Gasteiger partial charge is 0.379 e. The van der Waals surface area contributed by atoms with Gasteiger partial charge in [-0.15, -0.1) is 5.10 Å². The standard InChI is InChI=1S/C11H21N3OS/c1-5-9-10(16-14-13-9)8(12)6-7-11(2,3)15-4/h8H,5-7,12H2,1-4H3. The van der Waals surface area contributed by atoms with Crippen molar-refractivity contribution < 1.29 is 4.74 Å². The molecule has 0 aromatic carbocycles. The molecule has 0 saturated carbocycles. The zero-order valence-electron chi connectivity index (χ0n) is 10.5. The summed E-state index contributed by atoms with van der Waals surface area (Å²) in [7, 11) is 1.73. The number of aryl methyl sites for hydroxylation is 1. The molecule has 2 N–H and O–H groups in total. The SMILES string of the molecule is CCc1nnsc1C(N)CCC(C)(C)OC. The number of rotatable bonds is 6. The maximum Gasteiger partial charge on any atom is 0.0800 e. The molecule has 1 aromatic rings. The van der Waals surface area contributed by atoms with E-state index in [0.29, 0.717) is 0 Å². The van der Waals surface area contributed by atoms with Crippen molar-refractivity contribution >= 4 is 11.5 Å². The molecule has 5 heteroatoms. The summed E-state index contributed by atoms with van der Waals surface area (Å²) in [5.74, 6) is 0. The molecule has 1 atom stereocenters. The summed E-state index contributed by atoms with van der Waals surface area (Å²) >= 11 is 1.41. The minimum absolute atomic E-state index is 0.0318. The second-order valence-electron chi connectivity index (χ2n) is 4.55. The number of nitrogens with two attached hydrogens (primary N) is 1. The summed E-state index contributed by atoms with van der Waals surface area (Å²) in [6.07, 6.45) is 2.73. The Hall–Kier alpha value is -0.520. The molecule has 0 aliphatic rings. The van der Waals surface area contributed by atoms with Crippen molar-refractivity contribution in [1.82, 2.24) is 9.59 Å². The molecule has 1 rings (SSSR count). The highest BCUT2D eigenvalue weighted by atomic mass is 32.1. The first-order chi connectivity index (χ1) is 7.50. The van der Waals surface area contributed by atoms with Gasteiger partial charge in [-0.05, 0) is 44.6 Å². The fourth-order valence-electron chi connectivity index (χ4n) is 1.48. The van der Waals surface area contributed by atoms with Crippen molar-refractivity contribution in [2.45, 2.75) is 51.7 Å². The Bertz CT molecular complexity index is 325. The van der Waals surface area contributed by atoms with E-state index in [-0.39, 0.29) is 11.6 Å². The molecule has 0 amide bonds. The number of ether oxygens (including phenoxy) is 1. The number of hydrogen-bond donors (Lipinski definition) is 1. The third-order valence-corrected chi connectivity index (χ3v) is 3.77. The Morgan fingerprint density at radius 2 is 2.19 bits per heavy atom. The van der Waals surface area contributed by atoms with Crippen LogP contribution in [0.5, 0.6) is 0 Å². The summed E-state index contributed by atoms with van der Waals surface area (Å²) in [5, 5.41) is 4.08. The van der Waals surface area contributed by atoms with Gasteiger partial charge >= 0.3 is 0 Å². The van der Waals surface area contributed by atoms with E-state index < -0.39 is 0 Å². The molecular weight excluding hydrogens is 222 g/mol. The van der Waals surface area contributed by atoms with Gasteiger partial charge in [-0.25, -0.2) is 0 Å². The maximum atomic E-state index is 6.15. The molecular formula is C11H21N3OS. The van der Waals surface area contributed by atoms with Crippen LogP contribution in [-0.4, -0.2) is 22.3 Å². The van der Waals surface area contributed by atoms with E-state index in [0.717, 1.165) is 29.8 Å². The summed E-state index contributed by atoms with van der Waals surface area (Å²) < 4.78 is 9.34. The molecule has 1 heterocycles. The summed E-state index contributed by atoms with van der Waals surface area (Å²) in [4.78, 5) is 1.12. The van der Waals surface area contributed by atoms with Crippen LogP contribution in [-0.2, 0) is 11.2 Å². The monoisotopic (exact) mass is 243 g/mol. The predicted molar refractivity (Wildman–Crippen MR) is 66.5 cm³/mol. The zero-order valence-corrected chi connectivity index (χ0v) is 11.3. The normalized spacial score (nSPS) is 14.1. The summed E-state index contributed by atoms with van der Waals surface area (Å²) in [5.41, 5.74) is 7.08. The van der Waals surface area contributed by atoms with Crippen LogP contribution in [0.15, 0.2) is 0 Å². The zero-order chi connectivity index (χ0) is 12.2. The molecule has 16 heavy (non-hydrogen) atoms. The van der Waals surface area contributed by atoms with Gasteiger partial charge in [0.2, 0.25) is 0 Å². The fourth-order valence-corrected chi connectivity index (χ4v) is 2.25. The van der Waals surface area contributed by atoms with Crippen molar-refractivity contribution in [3.8, 4) is 0 Å². The second kappa shape index (κ2) is 5.70. The molecule has 0 aliphatic heterocycles. The maximum absolute atomic E-state index is 6.15.